The highest BCUT2D eigenvalue weighted by Gasteiger charge is 2.14. The Morgan fingerprint density at radius 1 is 1.00 bits per heavy atom. The summed E-state index contributed by atoms with van der Waals surface area (Å²) in [5.74, 6) is -0.849. The zero-order valence-corrected chi connectivity index (χ0v) is 10.5. The third kappa shape index (κ3) is 8.27. The van der Waals surface area contributed by atoms with Crippen molar-refractivity contribution in [3.05, 3.63) is 24.3 Å². The van der Waals surface area contributed by atoms with Crippen LogP contribution in [0.25, 0.3) is 0 Å². The molecule has 0 aromatic rings. The lowest BCUT2D eigenvalue weighted by molar-refractivity contribution is -0.142. The maximum Gasteiger partial charge on any atom is 0.306 e. The van der Waals surface area contributed by atoms with Crippen LogP contribution < -0.4 is 0 Å². The molecule has 0 heterocycles. The van der Waals surface area contributed by atoms with Crippen LogP contribution >= 0.6 is 0 Å². The Morgan fingerprint density at radius 3 is 1.75 bits per heavy atom. The van der Waals surface area contributed by atoms with Gasteiger partial charge in [0.25, 0.3) is 0 Å². The van der Waals surface area contributed by atoms with E-state index in [0.29, 0.717) is 0 Å². The summed E-state index contributed by atoms with van der Waals surface area (Å²) in [5.41, 5.74) is 0. The molecule has 0 fully saturated rings. The fraction of sp³-hybridized carbons (Fsp3) is 0.643. The molecule has 0 aromatic heterocycles. The average molecular weight is 224 g/mol. The van der Waals surface area contributed by atoms with Gasteiger partial charge in [0.15, 0.2) is 0 Å². The Hall–Kier alpha value is -1.05. The lowest BCUT2D eigenvalue weighted by Gasteiger charge is -2.09. The Balaban J connectivity index is 3.84. The van der Waals surface area contributed by atoms with Gasteiger partial charge in [0.1, 0.15) is 0 Å². The summed E-state index contributed by atoms with van der Waals surface area (Å²) in [6.07, 6.45) is 13.7. The molecule has 0 aromatic carbocycles. The Morgan fingerprint density at radius 2 is 1.44 bits per heavy atom. The highest BCUT2D eigenvalue weighted by molar-refractivity contribution is 5.69. The van der Waals surface area contributed by atoms with E-state index >= 15 is 0 Å². The van der Waals surface area contributed by atoms with Gasteiger partial charge in [-0.2, -0.15) is 0 Å². The van der Waals surface area contributed by atoms with Gasteiger partial charge >= 0.3 is 5.97 Å². The quantitative estimate of drug-likeness (QED) is 0.596. The normalized spacial score (nSPS) is 13.6. The highest BCUT2D eigenvalue weighted by Crippen LogP contribution is 2.15. The number of carboxylic acids is 1. The van der Waals surface area contributed by atoms with E-state index in [1.54, 1.807) is 0 Å². The van der Waals surface area contributed by atoms with Crippen molar-refractivity contribution in [3.8, 4) is 0 Å². The molecule has 0 unspecified atom stereocenters. The minimum absolute atomic E-state index is 0.192. The molecule has 2 heteroatoms. The third-order valence-corrected chi connectivity index (χ3v) is 2.52. The first kappa shape index (κ1) is 14.9. The molecule has 0 bridgehead atoms. The van der Waals surface area contributed by atoms with Crippen molar-refractivity contribution in [3.63, 3.8) is 0 Å². The highest BCUT2D eigenvalue weighted by atomic mass is 16.4. The summed E-state index contributed by atoms with van der Waals surface area (Å²) in [7, 11) is 0. The van der Waals surface area contributed by atoms with Gasteiger partial charge in [0, 0.05) is 0 Å². The number of hydrogen-bond acceptors (Lipinski definition) is 1. The van der Waals surface area contributed by atoms with Gasteiger partial charge in [0.05, 0.1) is 5.92 Å². The lowest BCUT2D eigenvalue weighted by Crippen LogP contribution is -2.12. The molecule has 0 aliphatic rings. The van der Waals surface area contributed by atoms with Gasteiger partial charge in [-0.3, -0.25) is 4.79 Å². The van der Waals surface area contributed by atoms with Crippen LogP contribution in [0, 0.1) is 5.92 Å². The SMILES string of the molecule is CCC=CCCC(CCC=CCC)C(=O)O. The monoisotopic (exact) mass is 224 g/mol. The van der Waals surface area contributed by atoms with Crippen LogP contribution in [-0.4, -0.2) is 11.1 Å². The molecule has 0 rings (SSSR count). The molecule has 2 nitrogen and oxygen atoms in total. The fourth-order valence-electron chi connectivity index (χ4n) is 1.56. The second-order valence-corrected chi connectivity index (χ2v) is 3.95. The van der Waals surface area contributed by atoms with Gasteiger partial charge in [-0.15, -0.1) is 0 Å². The maximum atomic E-state index is 11.0. The summed E-state index contributed by atoms with van der Waals surface area (Å²) < 4.78 is 0. The summed E-state index contributed by atoms with van der Waals surface area (Å²) in [6.45, 7) is 4.17. The minimum atomic E-state index is -0.658. The predicted octanol–water partition coefficient (Wildman–Crippen LogP) is 4.18. The number of hydrogen-bond donors (Lipinski definition) is 1. The van der Waals surface area contributed by atoms with E-state index in [4.69, 9.17) is 5.11 Å². The van der Waals surface area contributed by atoms with E-state index in [1.165, 1.54) is 0 Å². The first-order valence-electron chi connectivity index (χ1n) is 6.25. The first-order valence-corrected chi connectivity index (χ1v) is 6.25. The smallest absolute Gasteiger partial charge is 0.306 e. The van der Waals surface area contributed by atoms with Crippen molar-refractivity contribution in [1.82, 2.24) is 0 Å². The Bertz CT molecular complexity index is 211. The van der Waals surface area contributed by atoms with Crippen LogP contribution in [0.2, 0.25) is 0 Å². The van der Waals surface area contributed by atoms with Crippen LogP contribution in [-0.2, 0) is 4.79 Å². The average Bonchev–Trinajstić information content (AvgIpc) is 2.26. The van der Waals surface area contributed by atoms with Crippen LogP contribution in [0.4, 0.5) is 0 Å². The topological polar surface area (TPSA) is 37.3 Å². The zero-order chi connectivity index (χ0) is 12.2. The number of allylic oxidation sites excluding steroid dienone is 4. The third-order valence-electron chi connectivity index (χ3n) is 2.52. The molecule has 16 heavy (non-hydrogen) atoms. The van der Waals surface area contributed by atoms with Gasteiger partial charge in [-0.25, -0.2) is 0 Å². The molecule has 0 aliphatic carbocycles. The zero-order valence-electron chi connectivity index (χ0n) is 10.5. The van der Waals surface area contributed by atoms with Crippen LogP contribution in [0.15, 0.2) is 24.3 Å². The van der Waals surface area contributed by atoms with E-state index in [2.05, 4.69) is 38.2 Å². The molecule has 0 saturated carbocycles. The van der Waals surface area contributed by atoms with Gasteiger partial charge in [0.2, 0.25) is 0 Å². The summed E-state index contributed by atoms with van der Waals surface area (Å²) in [6, 6.07) is 0. The number of carbonyl (C=O) groups is 1. The molecule has 92 valence electrons. The molecular formula is C14H24O2. The fourth-order valence-corrected chi connectivity index (χ4v) is 1.56. The van der Waals surface area contributed by atoms with Crippen molar-refractivity contribution in [2.45, 2.75) is 52.4 Å². The molecular weight excluding hydrogens is 200 g/mol. The summed E-state index contributed by atoms with van der Waals surface area (Å²) in [4.78, 5) is 11.0. The molecule has 0 atom stereocenters. The number of rotatable bonds is 9. The largest absolute Gasteiger partial charge is 0.481 e. The van der Waals surface area contributed by atoms with Crippen molar-refractivity contribution in [2.75, 3.05) is 0 Å². The molecule has 0 amide bonds. The Labute approximate surface area is 99.1 Å². The molecule has 0 saturated heterocycles. The van der Waals surface area contributed by atoms with E-state index in [9.17, 15) is 4.79 Å². The van der Waals surface area contributed by atoms with Crippen molar-refractivity contribution < 1.29 is 9.90 Å². The maximum absolute atomic E-state index is 11.0. The molecule has 0 radical (unpaired) electrons. The molecule has 1 N–H and O–H groups in total. The molecule has 0 aliphatic heterocycles. The number of aliphatic carboxylic acids is 1. The van der Waals surface area contributed by atoms with Crippen LogP contribution in [0.1, 0.15) is 52.4 Å². The van der Waals surface area contributed by atoms with Crippen LogP contribution in [0.3, 0.4) is 0 Å². The second kappa shape index (κ2) is 10.5. The van der Waals surface area contributed by atoms with E-state index in [0.717, 1.165) is 38.5 Å². The second-order valence-electron chi connectivity index (χ2n) is 3.95. The van der Waals surface area contributed by atoms with Crippen LogP contribution in [0.5, 0.6) is 0 Å². The Kier molecular flexibility index (Phi) is 9.78. The lowest BCUT2D eigenvalue weighted by atomic mass is 9.97. The predicted molar refractivity (Wildman–Crippen MR) is 68.5 cm³/mol. The van der Waals surface area contributed by atoms with E-state index in [-0.39, 0.29) is 5.92 Å². The standard InChI is InChI=1S/C14H24O2/c1-3-5-7-9-11-13(14(15)16)12-10-8-6-4-2/h5-8,13H,3-4,9-12H2,1-2H3,(H,15,16). The van der Waals surface area contributed by atoms with Crippen molar-refractivity contribution in [1.29, 1.82) is 0 Å². The van der Waals surface area contributed by atoms with E-state index < -0.39 is 5.97 Å². The van der Waals surface area contributed by atoms with Crippen molar-refractivity contribution in [2.24, 2.45) is 5.92 Å². The van der Waals surface area contributed by atoms with Crippen molar-refractivity contribution >= 4 is 5.97 Å². The summed E-state index contributed by atoms with van der Waals surface area (Å²) in [5, 5.41) is 9.04. The van der Waals surface area contributed by atoms with Gasteiger partial charge in [-0.1, -0.05) is 38.2 Å². The summed E-state index contributed by atoms with van der Waals surface area (Å²) >= 11 is 0. The van der Waals surface area contributed by atoms with Gasteiger partial charge < -0.3 is 5.11 Å². The molecule has 0 spiro atoms. The number of carboxylic acid groups (broad SMARTS) is 1. The first-order chi connectivity index (χ1) is 7.72. The van der Waals surface area contributed by atoms with E-state index in [1.807, 2.05) is 0 Å². The van der Waals surface area contributed by atoms with Gasteiger partial charge in [-0.05, 0) is 38.5 Å². The minimum Gasteiger partial charge on any atom is -0.481 e.